The van der Waals surface area contributed by atoms with Crippen molar-refractivity contribution in [1.29, 1.82) is 0 Å². The Morgan fingerprint density at radius 2 is 1.85 bits per heavy atom. The van der Waals surface area contributed by atoms with Gasteiger partial charge in [0.25, 0.3) is 5.56 Å². The zero-order valence-electron chi connectivity index (χ0n) is 18.4. The minimum Gasteiger partial charge on any atom is -0.486 e. The molecule has 3 aromatic rings. The van der Waals surface area contributed by atoms with E-state index in [9.17, 15) is 13.2 Å². The second-order valence-corrected chi connectivity index (χ2v) is 10.4. The molecular weight excluding hydrogens is 444 g/mol. The van der Waals surface area contributed by atoms with Crippen LogP contribution < -0.4 is 15.0 Å². The van der Waals surface area contributed by atoms with Gasteiger partial charge < -0.3 is 19.2 Å². The molecule has 0 bridgehead atoms. The first-order valence-corrected chi connectivity index (χ1v) is 12.5. The lowest BCUT2D eigenvalue weighted by atomic mass is 10.1. The number of H-pyrrole nitrogens is 1. The molecular formula is C24H26N2O6S. The third kappa shape index (κ3) is 4.48. The van der Waals surface area contributed by atoms with Crippen molar-refractivity contribution in [3.05, 3.63) is 63.9 Å². The molecule has 1 aromatic heterocycles. The van der Waals surface area contributed by atoms with Crippen molar-refractivity contribution in [3.8, 4) is 11.5 Å². The maximum Gasteiger partial charge on any atom is 0.252 e. The van der Waals surface area contributed by atoms with Crippen LogP contribution in [0, 0.1) is 6.92 Å². The summed E-state index contributed by atoms with van der Waals surface area (Å²) in [5.41, 5.74) is 1.84. The van der Waals surface area contributed by atoms with Crippen LogP contribution in [0.1, 0.15) is 24.0 Å². The highest BCUT2D eigenvalue weighted by atomic mass is 32.2. The first kappa shape index (κ1) is 21.9. The monoisotopic (exact) mass is 470 g/mol. The van der Waals surface area contributed by atoms with Crippen LogP contribution in [-0.4, -0.2) is 50.2 Å². The zero-order valence-corrected chi connectivity index (χ0v) is 19.2. The van der Waals surface area contributed by atoms with Gasteiger partial charge in [-0.3, -0.25) is 4.79 Å². The number of rotatable bonds is 6. The van der Waals surface area contributed by atoms with E-state index in [1.807, 2.05) is 25.1 Å². The Kier molecular flexibility index (Phi) is 5.86. The Labute approximate surface area is 192 Å². The van der Waals surface area contributed by atoms with E-state index in [-0.39, 0.29) is 29.6 Å². The molecule has 2 aliphatic heterocycles. The van der Waals surface area contributed by atoms with Crippen molar-refractivity contribution < 1.29 is 22.6 Å². The van der Waals surface area contributed by atoms with E-state index in [0.717, 1.165) is 29.3 Å². The molecule has 33 heavy (non-hydrogen) atoms. The number of fused-ring (bicyclic) bond motifs is 2. The standard InChI is InChI=1S/C24H26N2O6S/c1-16-4-5-17-12-18(24(27)25-21(17)11-16)14-26(15-19-3-2-8-30-19)33(28,29)20-6-7-22-23(13-20)32-10-9-31-22/h4-7,11-13,19H,2-3,8-10,14-15H2,1H3,(H,25,27)/t19-/m0/s1. The summed E-state index contributed by atoms with van der Waals surface area (Å²) in [6.07, 6.45) is 1.46. The fourth-order valence-electron chi connectivity index (χ4n) is 4.26. The van der Waals surface area contributed by atoms with E-state index in [4.69, 9.17) is 14.2 Å². The lowest BCUT2D eigenvalue weighted by Gasteiger charge is -2.26. The average molecular weight is 471 g/mol. The molecule has 1 fully saturated rings. The van der Waals surface area contributed by atoms with Crippen LogP contribution in [0.3, 0.4) is 0 Å². The number of aromatic nitrogens is 1. The quantitative estimate of drug-likeness (QED) is 0.595. The van der Waals surface area contributed by atoms with Crippen LogP contribution in [-0.2, 0) is 21.3 Å². The average Bonchev–Trinajstić information content (AvgIpc) is 3.32. The van der Waals surface area contributed by atoms with Gasteiger partial charge in [-0.05, 0) is 55.0 Å². The van der Waals surface area contributed by atoms with Crippen LogP contribution in [0.25, 0.3) is 10.9 Å². The Morgan fingerprint density at radius 1 is 1.03 bits per heavy atom. The largest absolute Gasteiger partial charge is 0.486 e. The van der Waals surface area contributed by atoms with E-state index in [1.165, 1.54) is 16.4 Å². The van der Waals surface area contributed by atoms with Crippen LogP contribution in [0.4, 0.5) is 0 Å². The number of nitrogens with zero attached hydrogens (tertiary/aromatic N) is 1. The smallest absolute Gasteiger partial charge is 0.252 e. The summed E-state index contributed by atoms with van der Waals surface area (Å²) in [6.45, 7) is 3.46. The molecule has 3 heterocycles. The number of sulfonamides is 1. The Bertz CT molecular complexity index is 1340. The maximum absolute atomic E-state index is 13.7. The van der Waals surface area contributed by atoms with Gasteiger partial charge in [0.1, 0.15) is 13.2 Å². The highest BCUT2D eigenvalue weighted by Gasteiger charge is 2.31. The molecule has 2 aromatic carbocycles. The third-order valence-corrected chi connectivity index (χ3v) is 7.82. The molecule has 0 amide bonds. The molecule has 1 N–H and O–H groups in total. The molecule has 0 aliphatic carbocycles. The molecule has 0 unspecified atom stereocenters. The lowest BCUT2D eigenvalue weighted by Crippen LogP contribution is -2.38. The van der Waals surface area contributed by atoms with Gasteiger partial charge in [0, 0.05) is 36.8 Å². The summed E-state index contributed by atoms with van der Waals surface area (Å²) in [5.74, 6) is 0.922. The van der Waals surface area contributed by atoms with E-state index in [2.05, 4.69) is 4.98 Å². The summed E-state index contributed by atoms with van der Waals surface area (Å²) in [5, 5.41) is 0.851. The molecule has 2 aliphatic rings. The predicted octanol–water partition coefficient (Wildman–Crippen LogP) is 2.98. The second kappa shape index (κ2) is 8.81. The van der Waals surface area contributed by atoms with Gasteiger partial charge in [0.05, 0.1) is 11.0 Å². The molecule has 1 atom stereocenters. The summed E-state index contributed by atoms with van der Waals surface area (Å²) >= 11 is 0. The molecule has 9 heteroatoms. The molecule has 174 valence electrons. The van der Waals surface area contributed by atoms with Crippen molar-refractivity contribution in [1.82, 2.24) is 9.29 Å². The fourth-order valence-corrected chi connectivity index (χ4v) is 5.73. The highest BCUT2D eigenvalue weighted by molar-refractivity contribution is 7.89. The van der Waals surface area contributed by atoms with E-state index >= 15 is 0 Å². The molecule has 8 nitrogen and oxygen atoms in total. The third-order valence-electron chi connectivity index (χ3n) is 6.01. The predicted molar refractivity (Wildman–Crippen MR) is 123 cm³/mol. The van der Waals surface area contributed by atoms with Gasteiger partial charge in [-0.15, -0.1) is 0 Å². The van der Waals surface area contributed by atoms with Crippen LogP contribution in [0.5, 0.6) is 11.5 Å². The van der Waals surface area contributed by atoms with E-state index in [0.29, 0.717) is 36.9 Å². The summed E-state index contributed by atoms with van der Waals surface area (Å²) in [7, 11) is -3.93. The van der Waals surface area contributed by atoms with E-state index in [1.54, 1.807) is 12.1 Å². The Morgan fingerprint density at radius 3 is 2.64 bits per heavy atom. The van der Waals surface area contributed by atoms with Gasteiger partial charge in [-0.1, -0.05) is 12.1 Å². The zero-order chi connectivity index (χ0) is 23.0. The van der Waals surface area contributed by atoms with Crippen LogP contribution >= 0.6 is 0 Å². The number of hydrogen-bond donors (Lipinski definition) is 1. The highest BCUT2D eigenvalue weighted by Crippen LogP contribution is 2.33. The van der Waals surface area contributed by atoms with Crippen molar-refractivity contribution in [2.45, 2.75) is 37.3 Å². The number of ether oxygens (including phenoxy) is 3. The topological polar surface area (TPSA) is 97.9 Å². The Balaban J connectivity index is 1.52. The van der Waals surface area contributed by atoms with Crippen molar-refractivity contribution >= 4 is 20.9 Å². The lowest BCUT2D eigenvalue weighted by molar-refractivity contribution is 0.0925. The van der Waals surface area contributed by atoms with E-state index < -0.39 is 10.0 Å². The van der Waals surface area contributed by atoms with Crippen molar-refractivity contribution in [3.63, 3.8) is 0 Å². The van der Waals surface area contributed by atoms with Crippen LogP contribution in [0.2, 0.25) is 0 Å². The van der Waals surface area contributed by atoms with Gasteiger partial charge in [-0.2, -0.15) is 4.31 Å². The summed E-state index contributed by atoms with van der Waals surface area (Å²) < 4.78 is 45.5. The minimum absolute atomic E-state index is 0.0597. The normalized spacial score (nSPS) is 18.2. The molecule has 1 saturated heterocycles. The molecule has 0 saturated carbocycles. The molecule has 5 rings (SSSR count). The number of benzene rings is 2. The maximum atomic E-state index is 13.7. The number of nitrogens with one attached hydrogen (secondary N) is 1. The molecule has 0 radical (unpaired) electrons. The number of aromatic amines is 1. The van der Waals surface area contributed by atoms with Gasteiger partial charge in [0.2, 0.25) is 10.0 Å². The Hall–Kier alpha value is -2.88. The minimum atomic E-state index is -3.93. The van der Waals surface area contributed by atoms with Crippen molar-refractivity contribution in [2.75, 3.05) is 26.4 Å². The van der Waals surface area contributed by atoms with Gasteiger partial charge in [0.15, 0.2) is 11.5 Å². The number of pyridine rings is 1. The summed E-state index contributed by atoms with van der Waals surface area (Å²) in [6, 6.07) is 12.1. The number of aryl methyl sites for hydroxylation is 1. The van der Waals surface area contributed by atoms with Crippen molar-refractivity contribution in [2.24, 2.45) is 0 Å². The summed E-state index contributed by atoms with van der Waals surface area (Å²) in [4.78, 5) is 15.8. The SMILES string of the molecule is Cc1ccc2cc(CN(C[C@@H]3CCCO3)S(=O)(=O)c3ccc4c(c3)OCCO4)c(=O)[nH]c2c1. The first-order chi connectivity index (χ1) is 15.9. The number of hydrogen-bond acceptors (Lipinski definition) is 6. The van der Waals surface area contributed by atoms with Gasteiger partial charge in [-0.25, -0.2) is 8.42 Å². The fraction of sp³-hybridized carbons (Fsp3) is 0.375. The first-order valence-electron chi connectivity index (χ1n) is 11.0. The van der Waals surface area contributed by atoms with Crippen LogP contribution in [0.15, 0.2) is 52.2 Å². The van der Waals surface area contributed by atoms with Gasteiger partial charge >= 0.3 is 0 Å². The second-order valence-electron chi connectivity index (χ2n) is 8.45. The molecule has 0 spiro atoms.